The van der Waals surface area contributed by atoms with E-state index in [0.29, 0.717) is 6.54 Å². The Balaban J connectivity index is 2.67. The minimum absolute atomic E-state index is 0.698. The first-order valence-corrected chi connectivity index (χ1v) is 5.84. The zero-order valence-corrected chi connectivity index (χ0v) is 9.86. The number of nitrogens with two attached hydrogens (primary N) is 1. The number of ether oxygens (including phenoxy) is 1. The van der Waals surface area contributed by atoms with Crippen molar-refractivity contribution in [2.75, 3.05) is 13.7 Å². The van der Waals surface area contributed by atoms with Crippen LogP contribution in [-0.2, 0) is 6.42 Å². The molecule has 0 aliphatic carbocycles. The molecule has 0 saturated carbocycles. The van der Waals surface area contributed by atoms with Gasteiger partial charge in [-0.2, -0.15) is 0 Å². The minimum atomic E-state index is 0.698. The van der Waals surface area contributed by atoms with Gasteiger partial charge in [-0.15, -0.1) is 11.3 Å². The fourth-order valence-corrected chi connectivity index (χ4v) is 3.07. The molecule has 0 radical (unpaired) electrons. The number of aryl methyl sites for hydroxylation is 1. The van der Waals surface area contributed by atoms with Crippen LogP contribution < -0.4 is 10.5 Å². The molecule has 3 heteroatoms. The van der Waals surface area contributed by atoms with Crippen molar-refractivity contribution in [3.63, 3.8) is 0 Å². The summed E-state index contributed by atoms with van der Waals surface area (Å²) < 4.78 is 6.59. The first kappa shape index (κ1) is 10.5. The minimum Gasteiger partial charge on any atom is -0.495 e. The summed E-state index contributed by atoms with van der Waals surface area (Å²) in [4.78, 5) is 1.35. The molecule has 1 aromatic carbocycles. The van der Waals surface area contributed by atoms with Crippen LogP contribution in [-0.4, -0.2) is 13.7 Å². The van der Waals surface area contributed by atoms with Crippen LogP contribution in [0, 0.1) is 6.92 Å². The predicted octanol–water partition coefficient (Wildman–Crippen LogP) is 2.72. The molecule has 2 rings (SSSR count). The normalized spacial score (nSPS) is 10.9. The van der Waals surface area contributed by atoms with E-state index in [9.17, 15) is 0 Å². The molecule has 1 aromatic heterocycles. The summed E-state index contributed by atoms with van der Waals surface area (Å²) in [6.45, 7) is 2.85. The Labute approximate surface area is 93.7 Å². The third kappa shape index (κ3) is 1.73. The Morgan fingerprint density at radius 2 is 2.20 bits per heavy atom. The predicted molar refractivity (Wildman–Crippen MR) is 65.9 cm³/mol. The molecule has 80 valence electrons. The van der Waals surface area contributed by atoms with E-state index in [-0.39, 0.29) is 0 Å². The smallest absolute Gasteiger partial charge is 0.136 e. The highest BCUT2D eigenvalue weighted by Crippen LogP contribution is 2.36. The average molecular weight is 221 g/mol. The molecule has 0 saturated heterocycles. The lowest BCUT2D eigenvalue weighted by Gasteiger charge is -2.01. The fourth-order valence-electron chi connectivity index (χ4n) is 1.88. The van der Waals surface area contributed by atoms with Crippen LogP contribution >= 0.6 is 11.3 Å². The lowest BCUT2D eigenvalue weighted by Crippen LogP contribution is -2.02. The highest BCUT2D eigenvalue weighted by Gasteiger charge is 2.11. The molecule has 0 bridgehead atoms. The molecule has 0 unspecified atom stereocenters. The summed E-state index contributed by atoms with van der Waals surface area (Å²) >= 11 is 1.79. The van der Waals surface area contributed by atoms with Crippen LogP contribution in [0.3, 0.4) is 0 Å². The van der Waals surface area contributed by atoms with Crippen molar-refractivity contribution in [3.05, 3.63) is 28.6 Å². The van der Waals surface area contributed by atoms with Crippen molar-refractivity contribution in [2.24, 2.45) is 5.73 Å². The number of benzene rings is 1. The highest BCUT2D eigenvalue weighted by molar-refractivity contribution is 7.19. The third-order valence-corrected chi connectivity index (χ3v) is 3.78. The summed E-state index contributed by atoms with van der Waals surface area (Å²) in [6, 6.07) is 6.18. The topological polar surface area (TPSA) is 35.2 Å². The van der Waals surface area contributed by atoms with Gasteiger partial charge in [-0.3, -0.25) is 0 Å². The summed E-state index contributed by atoms with van der Waals surface area (Å²) in [6.07, 6.45) is 0.943. The second kappa shape index (κ2) is 4.21. The standard InChI is InChI=1S/C12H15NOS/c1-8-9(6-7-13)10-4-3-5-11(14-2)12(10)15-8/h3-5H,6-7,13H2,1-2H3. The van der Waals surface area contributed by atoms with Crippen LogP contribution in [0.4, 0.5) is 0 Å². The van der Waals surface area contributed by atoms with E-state index < -0.39 is 0 Å². The van der Waals surface area contributed by atoms with Gasteiger partial charge in [-0.25, -0.2) is 0 Å². The second-order valence-electron chi connectivity index (χ2n) is 3.51. The lowest BCUT2D eigenvalue weighted by atomic mass is 10.1. The van der Waals surface area contributed by atoms with Gasteiger partial charge in [0.2, 0.25) is 0 Å². The summed E-state index contributed by atoms with van der Waals surface area (Å²) in [5, 5.41) is 1.29. The van der Waals surface area contributed by atoms with Gasteiger partial charge in [-0.05, 0) is 36.9 Å². The molecule has 2 nitrogen and oxygen atoms in total. The van der Waals surface area contributed by atoms with E-state index >= 15 is 0 Å². The first-order valence-electron chi connectivity index (χ1n) is 5.03. The van der Waals surface area contributed by atoms with E-state index in [1.54, 1.807) is 18.4 Å². The molecule has 0 fully saturated rings. The number of fused-ring (bicyclic) bond motifs is 1. The fraction of sp³-hybridized carbons (Fsp3) is 0.333. The molecular formula is C12H15NOS. The van der Waals surface area contributed by atoms with Gasteiger partial charge in [0.15, 0.2) is 0 Å². The Hall–Kier alpha value is -1.06. The summed E-state index contributed by atoms with van der Waals surface area (Å²) in [7, 11) is 1.71. The van der Waals surface area contributed by atoms with Gasteiger partial charge >= 0.3 is 0 Å². The van der Waals surface area contributed by atoms with E-state index in [4.69, 9.17) is 10.5 Å². The average Bonchev–Trinajstić information content (AvgIpc) is 2.56. The number of rotatable bonds is 3. The molecule has 0 amide bonds. The van der Waals surface area contributed by atoms with Crippen molar-refractivity contribution < 1.29 is 4.74 Å². The maximum Gasteiger partial charge on any atom is 0.136 e. The van der Waals surface area contributed by atoms with Crippen molar-refractivity contribution in [3.8, 4) is 5.75 Å². The summed E-state index contributed by atoms with van der Waals surface area (Å²) in [5.41, 5.74) is 7.00. The third-order valence-electron chi connectivity index (χ3n) is 2.60. The van der Waals surface area contributed by atoms with Gasteiger partial charge in [0.25, 0.3) is 0 Å². The van der Waals surface area contributed by atoms with Crippen LogP contribution in [0.1, 0.15) is 10.4 Å². The van der Waals surface area contributed by atoms with Crippen LogP contribution in [0.5, 0.6) is 5.75 Å². The molecule has 2 N–H and O–H groups in total. The Morgan fingerprint density at radius 1 is 1.40 bits per heavy atom. The largest absolute Gasteiger partial charge is 0.495 e. The summed E-state index contributed by atoms with van der Waals surface area (Å²) in [5.74, 6) is 0.962. The molecule has 15 heavy (non-hydrogen) atoms. The molecule has 0 atom stereocenters. The number of hydrogen-bond donors (Lipinski definition) is 1. The van der Waals surface area contributed by atoms with Gasteiger partial charge in [0.1, 0.15) is 5.75 Å². The van der Waals surface area contributed by atoms with Gasteiger partial charge in [0.05, 0.1) is 11.8 Å². The Morgan fingerprint density at radius 3 is 2.87 bits per heavy atom. The van der Waals surface area contributed by atoms with Crippen molar-refractivity contribution in [1.82, 2.24) is 0 Å². The molecule has 0 aliphatic heterocycles. The van der Waals surface area contributed by atoms with Gasteiger partial charge in [-0.1, -0.05) is 12.1 Å². The van der Waals surface area contributed by atoms with Crippen molar-refractivity contribution in [1.29, 1.82) is 0 Å². The SMILES string of the molecule is COc1cccc2c(CCN)c(C)sc12. The van der Waals surface area contributed by atoms with E-state index in [1.807, 2.05) is 12.1 Å². The molecule has 1 heterocycles. The van der Waals surface area contributed by atoms with Crippen LogP contribution in [0.15, 0.2) is 18.2 Å². The van der Waals surface area contributed by atoms with Crippen LogP contribution in [0.2, 0.25) is 0 Å². The number of methoxy groups -OCH3 is 1. The zero-order valence-electron chi connectivity index (χ0n) is 9.04. The highest BCUT2D eigenvalue weighted by atomic mass is 32.1. The van der Waals surface area contributed by atoms with Crippen molar-refractivity contribution in [2.45, 2.75) is 13.3 Å². The first-order chi connectivity index (χ1) is 7.27. The Bertz CT molecular complexity index is 476. The quantitative estimate of drug-likeness (QED) is 0.865. The molecular weight excluding hydrogens is 206 g/mol. The van der Waals surface area contributed by atoms with E-state index in [2.05, 4.69) is 13.0 Å². The lowest BCUT2D eigenvalue weighted by molar-refractivity contribution is 0.420. The van der Waals surface area contributed by atoms with Crippen LogP contribution in [0.25, 0.3) is 10.1 Å². The monoisotopic (exact) mass is 221 g/mol. The second-order valence-corrected chi connectivity index (χ2v) is 4.74. The maximum atomic E-state index is 5.62. The number of thiophene rings is 1. The van der Waals surface area contributed by atoms with Gasteiger partial charge < -0.3 is 10.5 Å². The Kier molecular flexibility index (Phi) is 2.93. The number of hydrogen-bond acceptors (Lipinski definition) is 3. The van der Waals surface area contributed by atoms with Crippen molar-refractivity contribution >= 4 is 21.4 Å². The van der Waals surface area contributed by atoms with E-state index in [1.165, 1.54) is 20.5 Å². The molecule has 2 aromatic rings. The van der Waals surface area contributed by atoms with Gasteiger partial charge in [0, 0.05) is 4.88 Å². The maximum absolute atomic E-state index is 5.62. The molecule has 0 spiro atoms. The zero-order chi connectivity index (χ0) is 10.8. The van der Waals surface area contributed by atoms with E-state index in [0.717, 1.165) is 12.2 Å². The molecule has 0 aliphatic rings.